The van der Waals surface area contributed by atoms with Crippen LogP contribution in [0.3, 0.4) is 0 Å². The lowest BCUT2D eigenvalue weighted by Crippen LogP contribution is -2.42. The number of hydrogen-bond donors (Lipinski definition) is 0. The molecule has 0 spiro atoms. The van der Waals surface area contributed by atoms with E-state index >= 15 is 0 Å². The van der Waals surface area contributed by atoms with Gasteiger partial charge in [0.1, 0.15) is 11.6 Å². The van der Waals surface area contributed by atoms with Crippen molar-refractivity contribution < 1.29 is 17.9 Å². The highest BCUT2D eigenvalue weighted by Gasteiger charge is 2.30. The normalized spacial score (nSPS) is 22.0. The predicted molar refractivity (Wildman–Crippen MR) is 81.4 cm³/mol. The molecule has 0 aliphatic carbocycles. The number of alkyl halides is 3. The summed E-state index contributed by atoms with van der Waals surface area (Å²) in [5.41, 5.74) is 1.09. The van der Waals surface area contributed by atoms with Crippen molar-refractivity contribution in [3.05, 3.63) is 29.8 Å². The monoisotopic (exact) mass is 330 g/mol. The van der Waals surface area contributed by atoms with E-state index in [0.29, 0.717) is 0 Å². The minimum Gasteiger partial charge on any atom is -0.484 e. The van der Waals surface area contributed by atoms with E-state index in [0.717, 1.165) is 43.1 Å². The molecular formula is C15H17F3N2OS. The number of fused-ring (bicyclic) bond motifs is 1. The van der Waals surface area contributed by atoms with E-state index in [1.165, 1.54) is 0 Å². The Balaban J connectivity index is 1.71. The van der Waals surface area contributed by atoms with Crippen LogP contribution in [0.25, 0.3) is 0 Å². The molecule has 7 heteroatoms. The lowest BCUT2D eigenvalue weighted by molar-refractivity contribution is -0.153. The zero-order valence-corrected chi connectivity index (χ0v) is 12.8. The molecule has 1 saturated heterocycles. The quantitative estimate of drug-likeness (QED) is 0.787. The van der Waals surface area contributed by atoms with Gasteiger partial charge in [-0.25, -0.2) is 4.40 Å². The first-order valence-electron chi connectivity index (χ1n) is 7.27. The molecule has 0 bridgehead atoms. The molecule has 3 nitrogen and oxygen atoms in total. The molecule has 0 N–H and O–H groups in total. The zero-order chi connectivity index (χ0) is 15.6. The lowest BCUT2D eigenvalue weighted by Gasteiger charge is -2.37. The minimum atomic E-state index is -4.31. The van der Waals surface area contributed by atoms with E-state index in [1.807, 2.05) is 12.1 Å². The smallest absolute Gasteiger partial charge is 0.422 e. The number of piperidine rings is 1. The van der Waals surface area contributed by atoms with E-state index in [-0.39, 0.29) is 11.7 Å². The van der Waals surface area contributed by atoms with Crippen molar-refractivity contribution >= 4 is 17.8 Å². The summed E-state index contributed by atoms with van der Waals surface area (Å²) in [5.74, 6) is 2.60. The van der Waals surface area contributed by atoms with Crippen LogP contribution >= 0.6 is 11.9 Å². The number of hydrogen-bond acceptors (Lipinski definition) is 4. The molecule has 1 atom stereocenters. The van der Waals surface area contributed by atoms with Crippen LogP contribution in [0.1, 0.15) is 24.3 Å². The average Bonchev–Trinajstić information content (AvgIpc) is 2.52. The van der Waals surface area contributed by atoms with E-state index < -0.39 is 12.8 Å². The highest BCUT2D eigenvalue weighted by molar-refractivity contribution is 7.98. The van der Waals surface area contributed by atoms with Gasteiger partial charge >= 0.3 is 6.18 Å². The first-order chi connectivity index (χ1) is 10.5. The maximum Gasteiger partial charge on any atom is 0.422 e. The van der Waals surface area contributed by atoms with E-state index in [9.17, 15) is 13.2 Å². The Labute approximate surface area is 131 Å². The predicted octanol–water partition coefficient (Wildman–Crippen LogP) is 3.87. The van der Waals surface area contributed by atoms with Crippen LogP contribution in [0.4, 0.5) is 13.2 Å². The van der Waals surface area contributed by atoms with Gasteiger partial charge in [-0.05, 0) is 42.5 Å². The summed E-state index contributed by atoms with van der Waals surface area (Å²) in [6.07, 6.45) is -2.17. The van der Waals surface area contributed by atoms with Crippen LogP contribution in [0, 0.1) is 0 Å². The SMILES string of the molecule is FC(F)(F)COc1ccc(C2CCCN3CCSN=C23)cc1. The van der Waals surface area contributed by atoms with Gasteiger partial charge in [-0.1, -0.05) is 12.1 Å². The third-order valence-electron chi connectivity index (χ3n) is 3.85. The molecule has 0 amide bonds. The Morgan fingerprint density at radius 1 is 1.23 bits per heavy atom. The number of ether oxygens (including phenoxy) is 1. The van der Waals surface area contributed by atoms with Crippen LogP contribution in [0.5, 0.6) is 5.75 Å². The third kappa shape index (κ3) is 3.69. The molecule has 2 heterocycles. The van der Waals surface area contributed by atoms with Gasteiger partial charge in [0, 0.05) is 24.8 Å². The highest BCUT2D eigenvalue weighted by atomic mass is 32.2. The van der Waals surface area contributed by atoms with Crippen LogP contribution in [-0.4, -0.2) is 42.4 Å². The molecule has 1 unspecified atom stereocenters. The molecule has 2 aliphatic heterocycles. The summed E-state index contributed by atoms with van der Waals surface area (Å²) in [6, 6.07) is 6.91. The molecule has 2 aliphatic rings. The van der Waals surface area contributed by atoms with Crippen molar-refractivity contribution in [2.24, 2.45) is 4.40 Å². The van der Waals surface area contributed by atoms with E-state index in [1.54, 1.807) is 24.1 Å². The maximum atomic E-state index is 12.1. The van der Waals surface area contributed by atoms with Gasteiger partial charge in [-0.3, -0.25) is 0 Å². The van der Waals surface area contributed by atoms with Gasteiger partial charge < -0.3 is 9.64 Å². The van der Waals surface area contributed by atoms with Crippen molar-refractivity contribution in [2.75, 3.05) is 25.4 Å². The van der Waals surface area contributed by atoms with Gasteiger partial charge in [0.15, 0.2) is 6.61 Å². The fourth-order valence-electron chi connectivity index (χ4n) is 2.84. The molecule has 1 fully saturated rings. The van der Waals surface area contributed by atoms with Crippen LogP contribution in [0.2, 0.25) is 0 Å². The Bertz CT molecular complexity index is 545. The van der Waals surface area contributed by atoms with E-state index in [2.05, 4.69) is 9.30 Å². The fraction of sp³-hybridized carbons (Fsp3) is 0.533. The summed E-state index contributed by atoms with van der Waals surface area (Å²) in [5, 5.41) is 0. The molecular weight excluding hydrogens is 313 g/mol. The topological polar surface area (TPSA) is 24.8 Å². The second kappa shape index (κ2) is 6.40. The van der Waals surface area contributed by atoms with Crippen molar-refractivity contribution in [3.8, 4) is 5.75 Å². The first-order valence-corrected chi connectivity index (χ1v) is 8.21. The number of halogens is 3. The van der Waals surface area contributed by atoms with Gasteiger partial charge in [0.25, 0.3) is 0 Å². The number of amidine groups is 1. The Morgan fingerprint density at radius 3 is 2.73 bits per heavy atom. The van der Waals surface area contributed by atoms with Crippen LogP contribution in [0.15, 0.2) is 28.7 Å². The molecule has 120 valence electrons. The standard InChI is InChI=1S/C15H17F3N2OS/c16-15(17,18)10-21-12-5-3-11(4-6-12)13-2-1-7-20-8-9-22-19-14(13)20/h3-6,13H,1-2,7-10H2. The molecule has 0 aromatic heterocycles. The molecule has 3 rings (SSSR count). The summed E-state index contributed by atoms with van der Waals surface area (Å²) < 4.78 is 45.8. The van der Waals surface area contributed by atoms with Crippen LogP contribution in [-0.2, 0) is 0 Å². The molecule has 22 heavy (non-hydrogen) atoms. The summed E-state index contributed by atoms with van der Waals surface area (Å²) in [4.78, 5) is 2.32. The maximum absolute atomic E-state index is 12.1. The molecule has 1 aromatic carbocycles. The number of nitrogens with zero attached hydrogens (tertiary/aromatic N) is 2. The first kappa shape index (κ1) is 15.5. The Morgan fingerprint density at radius 2 is 2.00 bits per heavy atom. The lowest BCUT2D eigenvalue weighted by atomic mass is 9.89. The minimum absolute atomic E-state index is 0.234. The van der Waals surface area contributed by atoms with Gasteiger partial charge in [0.05, 0.1) is 0 Å². The van der Waals surface area contributed by atoms with Crippen molar-refractivity contribution in [2.45, 2.75) is 24.9 Å². The van der Waals surface area contributed by atoms with Gasteiger partial charge in [-0.15, -0.1) is 0 Å². The Kier molecular flexibility index (Phi) is 4.52. The summed E-state index contributed by atoms with van der Waals surface area (Å²) in [6.45, 7) is 0.808. The second-order valence-electron chi connectivity index (χ2n) is 5.44. The molecule has 1 aromatic rings. The van der Waals surface area contributed by atoms with Gasteiger partial charge in [-0.2, -0.15) is 13.2 Å². The van der Waals surface area contributed by atoms with Crippen molar-refractivity contribution in [1.82, 2.24) is 4.90 Å². The van der Waals surface area contributed by atoms with Crippen LogP contribution < -0.4 is 4.74 Å². The zero-order valence-electron chi connectivity index (χ0n) is 12.0. The Hall–Kier alpha value is -1.37. The molecule has 0 radical (unpaired) electrons. The average molecular weight is 330 g/mol. The van der Waals surface area contributed by atoms with Gasteiger partial charge in [0.2, 0.25) is 0 Å². The largest absolute Gasteiger partial charge is 0.484 e. The molecule has 0 saturated carbocycles. The van der Waals surface area contributed by atoms with E-state index in [4.69, 9.17) is 4.74 Å². The van der Waals surface area contributed by atoms with Crippen molar-refractivity contribution in [3.63, 3.8) is 0 Å². The third-order valence-corrected chi connectivity index (χ3v) is 4.53. The van der Waals surface area contributed by atoms with Crippen molar-refractivity contribution in [1.29, 1.82) is 0 Å². The second-order valence-corrected chi connectivity index (χ2v) is 6.29. The number of benzene rings is 1. The highest BCUT2D eigenvalue weighted by Crippen LogP contribution is 2.33. The summed E-state index contributed by atoms with van der Waals surface area (Å²) >= 11 is 1.59. The number of rotatable bonds is 3. The fourth-order valence-corrected chi connectivity index (χ4v) is 3.61. The summed E-state index contributed by atoms with van der Waals surface area (Å²) in [7, 11) is 0.